The molecule has 0 atom stereocenters. The molecule has 114 valence electrons. The first-order valence-electron chi connectivity index (χ1n) is 6.39. The molecule has 0 unspecified atom stereocenters. The van der Waals surface area contributed by atoms with E-state index in [1.165, 1.54) is 12.3 Å². The average molecular weight is 303 g/mol. The molecule has 1 aromatic heterocycles. The maximum atomic E-state index is 10.9. The number of urea groups is 1. The van der Waals surface area contributed by atoms with Gasteiger partial charge in [0.1, 0.15) is 5.76 Å². The number of carbonyl (C=O) groups excluding carboxylic acids is 1. The predicted octanol–water partition coefficient (Wildman–Crippen LogP) is 0.554. The molecule has 1 aromatic carbocycles. The summed E-state index contributed by atoms with van der Waals surface area (Å²) in [6, 6.07) is 5.83. The second-order valence-corrected chi connectivity index (χ2v) is 4.62. The molecule has 0 radical (unpaired) electrons. The summed E-state index contributed by atoms with van der Waals surface area (Å²) in [5, 5.41) is 13.4. The smallest absolute Gasteiger partial charge is 0.365 e. The summed E-state index contributed by atoms with van der Waals surface area (Å²) in [7, 11) is 0. The molecule has 0 fully saturated rings. The molecule has 2 amide bonds. The van der Waals surface area contributed by atoms with Crippen LogP contribution in [0.1, 0.15) is 16.9 Å². The lowest BCUT2D eigenvalue weighted by molar-refractivity contribution is -0.503. The van der Waals surface area contributed by atoms with Crippen LogP contribution in [0.4, 0.5) is 10.5 Å². The SMILES string of the molecule is Cc1c(-c2ccc(C=[NH+]NC(N)=O)o2)ccc([N+](=O)[O-])c1C. The number of amides is 2. The van der Waals surface area contributed by atoms with Crippen molar-refractivity contribution in [2.45, 2.75) is 13.8 Å². The lowest BCUT2D eigenvalue weighted by atomic mass is 10.00. The van der Waals surface area contributed by atoms with Gasteiger partial charge in [-0.25, -0.2) is 4.79 Å². The van der Waals surface area contributed by atoms with Crippen molar-refractivity contribution in [1.29, 1.82) is 0 Å². The zero-order chi connectivity index (χ0) is 16.3. The quantitative estimate of drug-likeness (QED) is 0.433. The second-order valence-electron chi connectivity index (χ2n) is 4.62. The minimum atomic E-state index is -0.718. The number of furan rings is 1. The van der Waals surface area contributed by atoms with Crippen LogP contribution in [0.3, 0.4) is 0 Å². The van der Waals surface area contributed by atoms with Gasteiger partial charge in [-0.05, 0) is 37.6 Å². The zero-order valence-corrected chi connectivity index (χ0v) is 12.0. The minimum Gasteiger partial charge on any atom is -0.450 e. The van der Waals surface area contributed by atoms with Gasteiger partial charge in [-0.3, -0.25) is 10.1 Å². The van der Waals surface area contributed by atoms with Gasteiger partial charge in [0.25, 0.3) is 5.69 Å². The molecule has 0 spiro atoms. The topological polar surface area (TPSA) is 125 Å². The first kappa shape index (κ1) is 15.2. The van der Waals surface area contributed by atoms with Crippen LogP contribution < -0.4 is 16.3 Å². The molecule has 0 aliphatic carbocycles. The number of nitro benzene ring substituents is 1. The summed E-state index contributed by atoms with van der Waals surface area (Å²) in [5.41, 5.74) is 9.31. The molecule has 0 aliphatic heterocycles. The Bertz CT molecular complexity index is 764. The van der Waals surface area contributed by atoms with E-state index in [9.17, 15) is 14.9 Å². The van der Waals surface area contributed by atoms with Crippen LogP contribution in [-0.2, 0) is 0 Å². The standard InChI is InChI=1S/C14H14N4O4/c1-8-9(2)12(18(20)21)5-4-11(8)13-6-3-10(22-13)7-16-17-14(15)19/h3-7H,1-2H3,(H3,15,17,19)/p+1. The van der Waals surface area contributed by atoms with E-state index in [-0.39, 0.29) is 5.69 Å². The Morgan fingerprint density at radius 3 is 2.68 bits per heavy atom. The highest BCUT2D eigenvalue weighted by Crippen LogP contribution is 2.31. The highest BCUT2D eigenvalue weighted by atomic mass is 16.6. The number of nitrogens with one attached hydrogen (secondary N) is 2. The molecule has 2 aromatic rings. The lowest BCUT2D eigenvalue weighted by Gasteiger charge is -2.06. The molecule has 0 bridgehead atoms. The number of primary amides is 1. The number of benzene rings is 1. The number of rotatable bonds is 4. The van der Waals surface area contributed by atoms with Crippen LogP contribution in [0.25, 0.3) is 11.3 Å². The predicted molar refractivity (Wildman–Crippen MR) is 79.1 cm³/mol. The van der Waals surface area contributed by atoms with Crippen LogP contribution >= 0.6 is 0 Å². The van der Waals surface area contributed by atoms with E-state index < -0.39 is 11.0 Å². The Kier molecular flexibility index (Phi) is 4.21. The van der Waals surface area contributed by atoms with Gasteiger partial charge in [0.2, 0.25) is 6.21 Å². The van der Waals surface area contributed by atoms with E-state index in [1.807, 2.05) is 0 Å². The van der Waals surface area contributed by atoms with Crippen LogP contribution in [0, 0.1) is 24.0 Å². The summed E-state index contributed by atoms with van der Waals surface area (Å²) in [6.07, 6.45) is 1.43. The molecule has 4 N–H and O–H groups in total. The Morgan fingerprint density at radius 1 is 1.32 bits per heavy atom. The highest BCUT2D eigenvalue weighted by molar-refractivity contribution is 5.75. The van der Waals surface area contributed by atoms with Crippen molar-refractivity contribution in [1.82, 2.24) is 5.43 Å². The minimum absolute atomic E-state index is 0.0758. The van der Waals surface area contributed by atoms with Crippen LogP contribution in [0.5, 0.6) is 0 Å². The Labute approximate surface area is 125 Å². The van der Waals surface area contributed by atoms with E-state index in [4.69, 9.17) is 10.2 Å². The van der Waals surface area contributed by atoms with E-state index >= 15 is 0 Å². The lowest BCUT2D eigenvalue weighted by Crippen LogP contribution is -2.82. The fourth-order valence-corrected chi connectivity index (χ4v) is 2.02. The molecule has 8 heteroatoms. The first-order chi connectivity index (χ1) is 10.4. The number of nitro groups is 1. The summed E-state index contributed by atoms with van der Waals surface area (Å²) in [4.78, 5) is 21.0. The van der Waals surface area contributed by atoms with Gasteiger partial charge >= 0.3 is 6.03 Å². The van der Waals surface area contributed by atoms with E-state index in [0.29, 0.717) is 17.1 Å². The third-order valence-corrected chi connectivity index (χ3v) is 3.26. The second kappa shape index (κ2) is 6.08. The summed E-state index contributed by atoms with van der Waals surface area (Å²) in [6.45, 7) is 3.50. The molecule has 0 saturated carbocycles. The first-order valence-corrected chi connectivity index (χ1v) is 6.39. The molecule has 2 rings (SSSR count). The number of hydrogen-bond donors (Lipinski definition) is 3. The van der Waals surface area contributed by atoms with E-state index in [0.717, 1.165) is 11.1 Å². The molecule has 1 heterocycles. The van der Waals surface area contributed by atoms with Crippen molar-refractivity contribution in [3.8, 4) is 11.3 Å². The molecule has 0 aliphatic rings. The van der Waals surface area contributed by atoms with E-state index in [2.05, 4.69) is 10.5 Å². The number of hydrazone groups is 1. The largest absolute Gasteiger partial charge is 0.450 e. The number of hydrazine groups is 1. The van der Waals surface area contributed by atoms with Crippen molar-refractivity contribution in [3.63, 3.8) is 0 Å². The monoisotopic (exact) mass is 303 g/mol. The maximum Gasteiger partial charge on any atom is 0.365 e. The number of hydrogen-bond acceptors (Lipinski definition) is 4. The molecule has 8 nitrogen and oxygen atoms in total. The third kappa shape index (κ3) is 3.11. The molecule has 22 heavy (non-hydrogen) atoms. The highest BCUT2D eigenvalue weighted by Gasteiger charge is 2.17. The average Bonchev–Trinajstić information content (AvgIpc) is 2.89. The van der Waals surface area contributed by atoms with Gasteiger partial charge in [0.15, 0.2) is 5.76 Å². The molecular formula is C14H15N4O4+. The van der Waals surface area contributed by atoms with Crippen molar-refractivity contribution in [2.24, 2.45) is 5.73 Å². The van der Waals surface area contributed by atoms with Gasteiger partial charge in [0, 0.05) is 17.2 Å². The Balaban J connectivity index is 2.32. The Hall–Kier alpha value is -3.16. The summed E-state index contributed by atoms with van der Waals surface area (Å²) >= 11 is 0. The van der Waals surface area contributed by atoms with Crippen molar-refractivity contribution in [2.75, 3.05) is 0 Å². The normalized spacial score (nSPS) is 10.8. The van der Waals surface area contributed by atoms with Crippen LogP contribution in [0.15, 0.2) is 28.7 Å². The molecule has 0 saturated heterocycles. The van der Waals surface area contributed by atoms with Gasteiger partial charge in [0.05, 0.1) is 4.92 Å². The summed E-state index contributed by atoms with van der Waals surface area (Å²) in [5.74, 6) is 1.04. The van der Waals surface area contributed by atoms with Crippen molar-refractivity contribution >= 4 is 17.9 Å². The molecular weight excluding hydrogens is 288 g/mol. The van der Waals surface area contributed by atoms with Gasteiger partial charge in [-0.2, -0.15) is 0 Å². The number of carbonyl (C=O) groups is 1. The number of nitrogens with zero attached hydrogens (tertiary/aromatic N) is 1. The van der Waals surface area contributed by atoms with Crippen LogP contribution in [-0.4, -0.2) is 17.2 Å². The van der Waals surface area contributed by atoms with Crippen LogP contribution in [0.2, 0.25) is 0 Å². The van der Waals surface area contributed by atoms with Gasteiger partial charge < -0.3 is 10.2 Å². The van der Waals surface area contributed by atoms with Gasteiger partial charge in [-0.15, -0.1) is 10.5 Å². The van der Waals surface area contributed by atoms with E-state index in [1.54, 1.807) is 32.0 Å². The van der Waals surface area contributed by atoms with Gasteiger partial charge in [-0.1, -0.05) is 0 Å². The summed E-state index contributed by atoms with van der Waals surface area (Å²) < 4.78 is 5.61. The maximum absolute atomic E-state index is 10.9. The number of nitrogens with two attached hydrogens (primary N) is 1. The third-order valence-electron chi connectivity index (χ3n) is 3.26. The Morgan fingerprint density at radius 2 is 2.05 bits per heavy atom. The zero-order valence-electron chi connectivity index (χ0n) is 12.0. The van der Waals surface area contributed by atoms with Crippen molar-refractivity contribution in [3.05, 3.63) is 51.3 Å². The van der Waals surface area contributed by atoms with Crippen molar-refractivity contribution < 1.29 is 19.2 Å². The fourth-order valence-electron chi connectivity index (χ4n) is 2.02. The fraction of sp³-hybridized carbons (Fsp3) is 0.143.